The molecule has 0 bridgehead atoms. The molecule has 0 spiro atoms. The molecule has 6 heterocycles. The number of methoxy groups -OCH3 is 2. The monoisotopic (exact) mass is 1160 g/mol. The van der Waals surface area contributed by atoms with E-state index in [1.165, 1.54) is 33.5 Å². The van der Waals surface area contributed by atoms with Gasteiger partial charge in [0, 0.05) is 62.1 Å². The van der Waals surface area contributed by atoms with Crippen molar-refractivity contribution in [3.8, 4) is 34.3 Å². The summed E-state index contributed by atoms with van der Waals surface area (Å²) in [5, 5.41) is 28.2. The number of para-hydroxylation sites is 2. The van der Waals surface area contributed by atoms with Crippen molar-refractivity contribution in [3.05, 3.63) is 119 Å². The summed E-state index contributed by atoms with van der Waals surface area (Å²) >= 11 is 2.24. The van der Waals surface area contributed by atoms with Crippen LogP contribution in [0.1, 0.15) is 55.4 Å². The molecule has 0 saturated carbocycles. The molecule has 79 heavy (non-hydrogen) atoms. The molecule has 0 saturated heterocycles. The van der Waals surface area contributed by atoms with E-state index in [4.69, 9.17) is 9.47 Å². The number of halogens is 7. The van der Waals surface area contributed by atoms with Gasteiger partial charge in [-0.1, -0.05) is 28.1 Å². The number of carbonyl (C=O) groups excluding carboxylic acids is 2. The summed E-state index contributed by atoms with van der Waals surface area (Å²) in [4.78, 5) is 59.8. The molecule has 7 N–H and O–H groups in total. The number of pyridine rings is 2. The zero-order valence-corrected chi connectivity index (χ0v) is 45.6. The molecule has 0 unspecified atom stereocenters. The van der Waals surface area contributed by atoms with Crippen molar-refractivity contribution < 1.29 is 45.4 Å². The number of aromatic nitrogens is 12. The van der Waals surface area contributed by atoms with E-state index in [-0.39, 0.29) is 34.8 Å². The van der Waals surface area contributed by atoms with Crippen LogP contribution in [-0.4, -0.2) is 118 Å². The number of H-pyrrole nitrogens is 1. The smallest absolute Gasteiger partial charge is 0.408 e. The molecule has 0 fully saturated rings. The molecule has 0 aliphatic heterocycles. The Hall–Kier alpha value is -9.02. The lowest BCUT2D eigenvalue weighted by Crippen LogP contribution is -2.19. The Balaban J connectivity index is 0.000000233. The van der Waals surface area contributed by atoms with E-state index in [2.05, 4.69) is 103 Å². The normalized spacial score (nSPS) is 11.1. The van der Waals surface area contributed by atoms with E-state index in [1.54, 1.807) is 57.5 Å². The van der Waals surface area contributed by atoms with Crippen molar-refractivity contribution in [2.45, 2.75) is 60.4 Å². The van der Waals surface area contributed by atoms with Crippen molar-refractivity contribution in [2.75, 3.05) is 54.9 Å². The minimum absolute atomic E-state index is 0.0651. The number of hydrogen-bond acceptors (Lipinski definition) is 18. The molecule has 2 aromatic carbocycles. The summed E-state index contributed by atoms with van der Waals surface area (Å²) in [7, 11) is 6.06. The minimum atomic E-state index is -4.45. The van der Waals surface area contributed by atoms with Gasteiger partial charge in [0.25, 0.3) is 11.8 Å². The van der Waals surface area contributed by atoms with Crippen molar-refractivity contribution >= 4 is 73.8 Å². The van der Waals surface area contributed by atoms with Crippen molar-refractivity contribution in [1.29, 1.82) is 0 Å². The van der Waals surface area contributed by atoms with Gasteiger partial charge >= 0.3 is 12.4 Å². The van der Waals surface area contributed by atoms with Crippen LogP contribution in [0.2, 0.25) is 0 Å². The van der Waals surface area contributed by atoms with E-state index in [0.29, 0.717) is 91.8 Å². The van der Waals surface area contributed by atoms with Crippen LogP contribution >= 0.6 is 15.9 Å². The summed E-state index contributed by atoms with van der Waals surface area (Å²) in [6, 6.07) is 17.5. The lowest BCUT2D eigenvalue weighted by molar-refractivity contribution is -0.143. The maximum absolute atomic E-state index is 13.0. The first kappa shape index (κ1) is 59.2. The number of ether oxygens (including phenoxy) is 2. The zero-order chi connectivity index (χ0) is 57.8. The molecule has 8 rings (SSSR count). The molecule has 0 aliphatic carbocycles. The Labute approximate surface area is 456 Å². The summed E-state index contributed by atoms with van der Waals surface area (Å²) in [5.41, 5.74) is 5.27. The minimum Gasteiger partial charge on any atom is -0.494 e. The molecule has 6 aromatic heterocycles. The van der Waals surface area contributed by atoms with Gasteiger partial charge in [0.2, 0.25) is 0 Å². The van der Waals surface area contributed by atoms with Crippen LogP contribution in [0.3, 0.4) is 0 Å². The maximum atomic E-state index is 13.0. The number of nitrogens with zero attached hydrogens (tertiary/aromatic N) is 11. The van der Waals surface area contributed by atoms with Crippen molar-refractivity contribution in [1.82, 2.24) is 70.5 Å². The number of hydrogen-bond donors (Lipinski definition) is 7. The van der Waals surface area contributed by atoms with Gasteiger partial charge < -0.3 is 41.4 Å². The first-order valence-corrected chi connectivity index (χ1v) is 24.5. The molecule has 416 valence electrons. The molecule has 22 nitrogen and oxygen atoms in total. The first-order valence-electron chi connectivity index (χ1n) is 23.4. The largest absolute Gasteiger partial charge is 0.494 e. The lowest BCUT2D eigenvalue weighted by Gasteiger charge is -2.17. The molecular formula is C50H53BrF6N18O4. The van der Waals surface area contributed by atoms with E-state index in [0.717, 1.165) is 16.1 Å². The predicted molar refractivity (Wildman–Crippen MR) is 287 cm³/mol. The third kappa shape index (κ3) is 16.3. The van der Waals surface area contributed by atoms with Gasteiger partial charge in [-0.15, -0.1) is 0 Å². The van der Waals surface area contributed by atoms with Gasteiger partial charge in [0.1, 0.15) is 53.1 Å². The van der Waals surface area contributed by atoms with Gasteiger partial charge in [-0.3, -0.25) is 14.7 Å². The van der Waals surface area contributed by atoms with E-state index >= 15 is 0 Å². The molecule has 0 radical (unpaired) electrons. The average molecular weight is 1160 g/mol. The van der Waals surface area contributed by atoms with Gasteiger partial charge in [-0.05, 0) is 65.8 Å². The molecule has 29 heteroatoms. The number of rotatable bonds is 15. The SMILES string of the molecule is CNC(=O)c1cnc(Nc2cc(C)nc(C)n2)cc1Nc1cccc(-c2n[nH]c(C)n2)c1OC.CNC(=O)c1cnc(Nc2cc(C)nc(C)n2)cc1Nc1cccc(-c2nc(C)n(CC(F)(F)F)n2)c1OC.FC(F)(F)CBr. The number of aromatic amines is 1. The van der Waals surface area contributed by atoms with Crippen LogP contribution in [0, 0.1) is 41.5 Å². The average Bonchev–Trinajstić information content (AvgIpc) is 4.13. The Kier molecular flexibility index (Phi) is 19.4. The van der Waals surface area contributed by atoms with Crippen LogP contribution in [0.5, 0.6) is 11.5 Å². The van der Waals surface area contributed by atoms with Crippen LogP contribution < -0.4 is 41.4 Å². The molecule has 0 atom stereocenters. The number of amides is 2. The fraction of sp³-hybridized carbons (Fsp3) is 0.280. The van der Waals surface area contributed by atoms with Crippen molar-refractivity contribution in [2.24, 2.45) is 0 Å². The second kappa shape index (κ2) is 25.9. The molecular weight excluding hydrogens is 1110 g/mol. The number of carbonyl (C=O) groups is 2. The van der Waals surface area contributed by atoms with Crippen LogP contribution in [0.15, 0.2) is 73.1 Å². The fourth-order valence-corrected chi connectivity index (χ4v) is 7.38. The number of aryl methyl sites for hydroxylation is 6. The fourth-order valence-electron chi connectivity index (χ4n) is 7.38. The van der Waals surface area contributed by atoms with Crippen LogP contribution in [-0.2, 0) is 6.54 Å². The Morgan fingerprint density at radius 1 is 0.595 bits per heavy atom. The van der Waals surface area contributed by atoms with Gasteiger partial charge in [0.05, 0.1) is 64.6 Å². The van der Waals surface area contributed by atoms with E-state index in [1.807, 2.05) is 52.0 Å². The third-order valence-corrected chi connectivity index (χ3v) is 11.2. The van der Waals surface area contributed by atoms with E-state index in [9.17, 15) is 35.9 Å². The molecule has 2 amide bonds. The molecule has 8 aromatic rings. The highest BCUT2D eigenvalue weighted by Crippen LogP contribution is 2.39. The first-order chi connectivity index (χ1) is 37.4. The summed E-state index contributed by atoms with van der Waals surface area (Å²) in [5.74, 6) is 4.79. The predicted octanol–water partition coefficient (Wildman–Crippen LogP) is 9.85. The van der Waals surface area contributed by atoms with Crippen LogP contribution in [0.4, 0.5) is 72.4 Å². The Morgan fingerprint density at radius 2 is 1.05 bits per heavy atom. The summed E-state index contributed by atoms with van der Waals surface area (Å²) in [6.07, 6.45) is -5.58. The Bertz CT molecular complexity index is 3410. The summed E-state index contributed by atoms with van der Waals surface area (Å²) in [6.45, 7) is 9.34. The maximum Gasteiger partial charge on any atom is 0.408 e. The Morgan fingerprint density at radius 3 is 1.43 bits per heavy atom. The topological polar surface area (TPSA) is 274 Å². The standard InChI is InChI=1S/C25H26F3N9O2.C23H25N9O2.C2H2BrF3/c1-13-9-21(32-14(2)31-13)35-20-10-19(17(11-30-20)24(38)29-4)34-18-8-6-7-16(22(18)39-5)23-33-15(3)37(36-23)12-25(26,27)28;1-12-9-20(27-13(2)26-12)30-19-10-18(16(11-25-19)23(33)24-4)29-17-8-6-7-15(21(17)34-5)22-28-14(3)31-32-22;3-1-2(4,5)6/h6-11H,12H2,1-5H3,(H,29,38)(H2,30,31,32,34,35);6-11H,1-5H3,(H,24,33)(H,28,31,32)(H2,25,26,27,29,30);1H2. The van der Waals surface area contributed by atoms with Crippen molar-refractivity contribution in [3.63, 3.8) is 0 Å². The molecule has 0 aliphatic rings. The zero-order valence-electron chi connectivity index (χ0n) is 44.0. The lowest BCUT2D eigenvalue weighted by atomic mass is 10.1. The highest BCUT2D eigenvalue weighted by atomic mass is 79.9. The highest BCUT2D eigenvalue weighted by molar-refractivity contribution is 9.09. The second-order valence-electron chi connectivity index (χ2n) is 16.8. The number of nitrogens with one attached hydrogen (secondary N) is 7. The third-order valence-electron chi connectivity index (χ3n) is 10.6. The van der Waals surface area contributed by atoms with Crippen LogP contribution in [0.25, 0.3) is 22.8 Å². The van der Waals surface area contributed by atoms with Gasteiger partial charge in [0.15, 0.2) is 23.1 Å². The second-order valence-corrected chi connectivity index (χ2v) is 17.4. The number of alkyl halides is 7. The number of anilines is 8. The highest BCUT2D eigenvalue weighted by Gasteiger charge is 2.30. The summed E-state index contributed by atoms with van der Waals surface area (Å²) < 4.78 is 83.2. The number of benzene rings is 2. The van der Waals surface area contributed by atoms with Gasteiger partial charge in [-0.25, -0.2) is 44.6 Å². The van der Waals surface area contributed by atoms with Gasteiger partial charge in [-0.2, -0.15) is 36.5 Å². The quantitative estimate of drug-likeness (QED) is 0.0371. The van der Waals surface area contributed by atoms with E-state index < -0.39 is 24.2 Å².